The minimum Gasteiger partial charge on any atom is -0.324 e. The van der Waals surface area contributed by atoms with Gasteiger partial charge in [-0.3, -0.25) is 14.8 Å². The van der Waals surface area contributed by atoms with Crippen molar-refractivity contribution in [1.29, 1.82) is 0 Å². The first-order valence-corrected chi connectivity index (χ1v) is 7.97. The number of likely N-dealkylation sites (N-methyl/N-ethyl adjacent to an activating group) is 1. The molecule has 0 radical (unpaired) electrons. The van der Waals surface area contributed by atoms with Crippen molar-refractivity contribution in [2.45, 2.75) is 40.2 Å². The molecule has 0 aliphatic rings. The van der Waals surface area contributed by atoms with E-state index in [0.29, 0.717) is 0 Å². The molecule has 0 bridgehead atoms. The van der Waals surface area contributed by atoms with Crippen LogP contribution in [0.1, 0.15) is 29.4 Å². The van der Waals surface area contributed by atoms with Gasteiger partial charge in [-0.15, -0.1) is 0 Å². The predicted octanol–water partition coefficient (Wildman–Crippen LogP) is 2.84. The van der Waals surface area contributed by atoms with E-state index in [0.717, 1.165) is 35.6 Å². The normalized spacial score (nSPS) is 12.4. The van der Waals surface area contributed by atoms with Gasteiger partial charge in [-0.1, -0.05) is 18.2 Å². The summed E-state index contributed by atoms with van der Waals surface area (Å²) in [6.45, 7) is 8.78. The van der Waals surface area contributed by atoms with Crippen LogP contribution in [0.4, 0.5) is 5.69 Å². The Morgan fingerprint density at radius 2 is 2.00 bits per heavy atom. The van der Waals surface area contributed by atoms with E-state index in [4.69, 9.17) is 0 Å². The van der Waals surface area contributed by atoms with E-state index in [1.165, 1.54) is 5.56 Å². The second kappa shape index (κ2) is 7.42. The highest BCUT2D eigenvalue weighted by molar-refractivity contribution is 5.95. The summed E-state index contributed by atoms with van der Waals surface area (Å²) in [6, 6.07) is 7.63. The summed E-state index contributed by atoms with van der Waals surface area (Å²) in [4.78, 5) is 14.5. The van der Waals surface area contributed by atoms with Crippen LogP contribution in [0.15, 0.2) is 24.3 Å². The van der Waals surface area contributed by atoms with Crippen molar-refractivity contribution in [3.63, 3.8) is 0 Å². The van der Waals surface area contributed by atoms with Crippen LogP contribution in [0, 0.1) is 20.8 Å². The Balaban J connectivity index is 1.92. The first-order chi connectivity index (χ1) is 10.9. The number of para-hydroxylation sites is 1. The van der Waals surface area contributed by atoms with E-state index in [9.17, 15) is 4.79 Å². The SMILES string of the molecule is Cc1ccccc1NC(=O)C(C)N(C)CCc1c(C)n[nH]c1C. The Labute approximate surface area is 138 Å². The van der Waals surface area contributed by atoms with E-state index in [1.54, 1.807) is 0 Å². The van der Waals surface area contributed by atoms with Crippen molar-refractivity contribution in [2.75, 3.05) is 18.9 Å². The number of aryl methyl sites for hydroxylation is 3. The van der Waals surface area contributed by atoms with E-state index < -0.39 is 0 Å². The molecule has 1 aromatic heterocycles. The zero-order chi connectivity index (χ0) is 17.0. The molecular weight excluding hydrogens is 288 g/mol. The maximum atomic E-state index is 12.4. The van der Waals surface area contributed by atoms with Gasteiger partial charge in [0.1, 0.15) is 0 Å². The molecule has 1 amide bonds. The standard InChI is InChI=1S/C18H26N4O/c1-12-8-6-7-9-17(12)19-18(23)15(4)22(5)11-10-16-13(2)20-21-14(16)3/h6-9,15H,10-11H2,1-5H3,(H,19,23)(H,20,21). The maximum absolute atomic E-state index is 12.4. The van der Waals surface area contributed by atoms with Gasteiger partial charge >= 0.3 is 0 Å². The summed E-state index contributed by atoms with van der Waals surface area (Å²) in [7, 11) is 1.98. The van der Waals surface area contributed by atoms with Gasteiger partial charge in [0.05, 0.1) is 11.7 Å². The fraction of sp³-hybridized carbons (Fsp3) is 0.444. The van der Waals surface area contributed by atoms with Gasteiger partial charge in [0.25, 0.3) is 0 Å². The van der Waals surface area contributed by atoms with E-state index in [-0.39, 0.29) is 11.9 Å². The molecule has 23 heavy (non-hydrogen) atoms. The lowest BCUT2D eigenvalue weighted by Crippen LogP contribution is -2.40. The number of anilines is 1. The lowest BCUT2D eigenvalue weighted by Gasteiger charge is -2.24. The van der Waals surface area contributed by atoms with Crippen LogP contribution >= 0.6 is 0 Å². The molecule has 0 saturated carbocycles. The minimum atomic E-state index is -0.192. The Morgan fingerprint density at radius 1 is 1.30 bits per heavy atom. The average Bonchev–Trinajstić information content (AvgIpc) is 2.85. The lowest BCUT2D eigenvalue weighted by molar-refractivity contribution is -0.120. The van der Waals surface area contributed by atoms with Gasteiger partial charge < -0.3 is 5.32 Å². The number of carbonyl (C=O) groups excluding carboxylic acids is 1. The molecule has 0 aliphatic carbocycles. The number of nitrogens with one attached hydrogen (secondary N) is 2. The van der Waals surface area contributed by atoms with E-state index in [2.05, 4.69) is 20.4 Å². The molecule has 124 valence electrons. The molecule has 0 saturated heterocycles. The lowest BCUT2D eigenvalue weighted by atomic mass is 10.1. The smallest absolute Gasteiger partial charge is 0.241 e. The summed E-state index contributed by atoms with van der Waals surface area (Å²) >= 11 is 0. The zero-order valence-electron chi connectivity index (χ0n) is 14.6. The number of amides is 1. The third-order valence-corrected chi connectivity index (χ3v) is 4.44. The molecule has 1 atom stereocenters. The summed E-state index contributed by atoms with van der Waals surface area (Å²) in [5.74, 6) is 0.0161. The van der Waals surface area contributed by atoms with Crippen LogP contribution in [-0.4, -0.2) is 40.6 Å². The molecule has 1 unspecified atom stereocenters. The second-order valence-corrected chi connectivity index (χ2v) is 6.12. The van der Waals surface area contributed by atoms with Gasteiger partial charge in [0.15, 0.2) is 0 Å². The van der Waals surface area contributed by atoms with Crippen LogP contribution in [-0.2, 0) is 11.2 Å². The Hall–Kier alpha value is -2.14. The van der Waals surface area contributed by atoms with Crippen molar-refractivity contribution in [3.8, 4) is 0 Å². The molecule has 2 N–H and O–H groups in total. The predicted molar refractivity (Wildman–Crippen MR) is 93.7 cm³/mol. The van der Waals surface area contributed by atoms with Gasteiger partial charge in [0, 0.05) is 17.9 Å². The van der Waals surface area contributed by atoms with Crippen molar-refractivity contribution in [2.24, 2.45) is 0 Å². The highest BCUT2D eigenvalue weighted by Gasteiger charge is 2.19. The largest absolute Gasteiger partial charge is 0.324 e. The fourth-order valence-corrected chi connectivity index (χ4v) is 2.57. The van der Waals surface area contributed by atoms with Crippen LogP contribution in [0.25, 0.3) is 0 Å². The molecule has 2 rings (SSSR count). The first kappa shape index (κ1) is 17.2. The zero-order valence-corrected chi connectivity index (χ0v) is 14.6. The summed E-state index contributed by atoms with van der Waals surface area (Å²) in [6.07, 6.45) is 0.882. The number of carbonyl (C=O) groups is 1. The number of nitrogens with zero attached hydrogens (tertiary/aromatic N) is 2. The van der Waals surface area contributed by atoms with Crippen molar-refractivity contribution in [3.05, 3.63) is 46.8 Å². The molecule has 0 spiro atoms. The van der Waals surface area contributed by atoms with Gasteiger partial charge in [0.2, 0.25) is 5.91 Å². The Kier molecular flexibility index (Phi) is 5.55. The number of benzene rings is 1. The van der Waals surface area contributed by atoms with Gasteiger partial charge in [-0.05, 0) is 58.4 Å². The van der Waals surface area contributed by atoms with E-state index >= 15 is 0 Å². The maximum Gasteiger partial charge on any atom is 0.241 e. The molecular formula is C18H26N4O. The summed E-state index contributed by atoms with van der Waals surface area (Å²) < 4.78 is 0. The molecule has 1 heterocycles. The van der Waals surface area contributed by atoms with E-state index in [1.807, 2.05) is 59.0 Å². The van der Waals surface area contributed by atoms with Crippen molar-refractivity contribution < 1.29 is 4.79 Å². The van der Waals surface area contributed by atoms with Crippen LogP contribution in [0.5, 0.6) is 0 Å². The molecule has 2 aromatic rings. The number of aromatic amines is 1. The topological polar surface area (TPSA) is 61.0 Å². The summed E-state index contributed by atoms with van der Waals surface area (Å²) in [5, 5.41) is 10.2. The summed E-state index contributed by atoms with van der Waals surface area (Å²) in [5.41, 5.74) is 5.32. The highest BCUT2D eigenvalue weighted by atomic mass is 16.2. The monoisotopic (exact) mass is 314 g/mol. The third-order valence-electron chi connectivity index (χ3n) is 4.44. The van der Waals surface area contributed by atoms with Crippen LogP contribution in [0.2, 0.25) is 0 Å². The highest BCUT2D eigenvalue weighted by Crippen LogP contribution is 2.15. The number of hydrogen-bond donors (Lipinski definition) is 2. The number of aromatic nitrogens is 2. The average molecular weight is 314 g/mol. The number of hydrogen-bond acceptors (Lipinski definition) is 3. The quantitative estimate of drug-likeness (QED) is 0.862. The van der Waals surface area contributed by atoms with Crippen LogP contribution < -0.4 is 5.32 Å². The molecule has 0 aliphatic heterocycles. The minimum absolute atomic E-state index is 0.0161. The van der Waals surface area contributed by atoms with Crippen LogP contribution in [0.3, 0.4) is 0 Å². The van der Waals surface area contributed by atoms with Gasteiger partial charge in [-0.25, -0.2) is 0 Å². The molecule has 5 heteroatoms. The first-order valence-electron chi connectivity index (χ1n) is 7.97. The number of rotatable bonds is 6. The van der Waals surface area contributed by atoms with Crippen molar-refractivity contribution >= 4 is 11.6 Å². The molecule has 1 aromatic carbocycles. The molecule has 5 nitrogen and oxygen atoms in total. The fourth-order valence-electron chi connectivity index (χ4n) is 2.57. The Morgan fingerprint density at radius 3 is 2.61 bits per heavy atom. The number of H-pyrrole nitrogens is 1. The second-order valence-electron chi connectivity index (χ2n) is 6.12. The van der Waals surface area contributed by atoms with Crippen molar-refractivity contribution in [1.82, 2.24) is 15.1 Å². The third kappa shape index (κ3) is 4.20. The molecule has 0 fully saturated rings. The van der Waals surface area contributed by atoms with Gasteiger partial charge in [-0.2, -0.15) is 5.10 Å². The Bertz CT molecular complexity index is 658.